The van der Waals surface area contributed by atoms with E-state index in [9.17, 15) is 21.4 Å². The van der Waals surface area contributed by atoms with E-state index in [1.807, 2.05) is 0 Å². The Morgan fingerprint density at radius 3 is 2.55 bits per heavy atom. The first-order valence-corrected chi connectivity index (χ1v) is 11.7. The van der Waals surface area contributed by atoms with Crippen LogP contribution in [0.1, 0.15) is 25.0 Å². The van der Waals surface area contributed by atoms with Crippen molar-refractivity contribution in [1.82, 2.24) is 8.96 Å². The maximum atomic E-state index is 14.4. The molecular weight excluding hydrogens is 420 g/mol. The Morgan fingerprint density at radius 2 is 1.93 bits per heavy atom. The van der Waals surface area contributed by atoms with Gasteiger partial charge in [0, 0.05) is 33.6 Å². The van der Waals surface area contributed by atoms with Gasteiger partial charge in [0.2, 0.25) is 16.0 Å². The van der Waals surface area contributed by atoms with Gasteiger partial charge in [0.25, 0.3) is 0 Å². The number of imidazole rings is 1. The van der Waals surface area contributed by atoms with E-state index in [1.165, 1.54) is 49.8 Å². The Morgan fingerprint density at radius 1 is 1.24 bits per heavy atom. The highest BCUT2D eigenvalue weighted by Gasteiger charge is 2.25. The smallest absolute Gasteiger partial charge is 0.244 e. The second-order valence-corrected chi connectivity index (χ2v) is 10.2. The van der Waals surface area contributed by atoms with Crippen LogP contribution < -0.4 is 5.73 Å². The number of fused-ring (bicyclic) bond motifs is 1. The first kappa shape index (κ1) is 21.1. The molecule has 0 saturated heterocycles. The Hall–Kier alpha value is -2.59. The van der Waals surface area contributed by atoms with Crippen molar-refractivity contribution >= 4 is 43.4 Å². The number of aromatic nitrogens is 2. The Kier molecular flexibility index (Phi) is 5.59. The largest absolute Gasteiger partial charge is 0.368 e. The lowest BCUT2D eigenvalue weighted by molar-refractivity contribution is 0.506. The molecule has 2 N–H and O–H groups in total. The predicted molar refractivity (Wildman–Crippen MR) is 111 cm³/mol. The zero-order chi connectivity index (χ0) is 21.5. The summed E-state index contributed by atoms with van der Waals surface area (Å²) < 4.78 is 66.4. The van der Waals surface area contributed by atoms with E-state index in [-0.39, 0.29) is 22.6 Å². The number of rotatable bonds is 5. The first-order valence-electron chi connectivity index (χ1n) is 8.55. The SMILES string of the molecule is CC(C)S(=O)(=O)n1c(N)nc2ccc(/C(=C/S(C)=O)c3cccc(F)c3F)cc21. The molecule has 29 heavy (non-hydrogen) atoms. The summed E-state index contributed by atoms with van der Waals surface area (Å²) in [6.07, 6.45) is 1.39. The molecule has 6 nitrogen and oxygen atoms in total. The zero-order valence-electron chi connectivity index (χ0n) is 15.9. The van der Waals surface area contributed by atoms with Crippen LogP contribution in [0.5, 0.6) is 0 Å². The molecule has 1 unspecified atom stereocenters. The van der Waals surface area contributed by atoms with Crippen LogP contribution in [0.25, 0.3) is 16.6 Å². The second kappa shape index (κ2) is 7.68. The molecule has 0 amide bonds. The maximum absolute atomic E-state index is 14.4. The van der Waals surface area contributed by atoms with Gasteiger partial charge in [-0.1, -0.05) is 18.2 Å². The van der Waals surface area contributed by atoms with E-state index in [2.05, 4.69) is 4.98 Å². The van der Waals surface area contributed by atoms with Gasteiger partial charge >= 0.3 is 0 Å². The molecule has 0 aliphatic rings. The third-order valence-corrected chi connectivity index (χ3v) is 6.98. The van der Waals surface area contributed by atoms with E-state index in [0.717, 1.165) is 10.0 Å². The van der Waals surface area contributed by atoms with Gasteiger partial charge in [0.15, 0.2) is 11.6 Å². The molecule has 3 aromatic rings. The van der Waals surface area contributed by atoms with Gasteiger partial charge < -0.3 is 5.73 Å². The van der Waals surface area contributed by atoms with Crippen molar-refractivity contribution in [2.75, 3.05) is 12.0 Å². The van der Waals surface area contributed by atoms with Crippen molar-refractivity contribution in [3.05, 3.63) is 64.6 Å². The summed E-state index contributed by atoms with van der Waals surface area (Å²) in [7, 11) is -5.31. The Labute approximate surface area is 169 Å². The van der Waals surface area contributed by atoms with E-state index < -0.39 is 37.7 Å². The fourth-order valence-electron chi connectivity index (χ4n) is 2.88. The Bertz CT molecular complexity index is 1270. The summed E-state index contributed by atoms with van der Waals surface area (Å²) >= 11 is 0. The predicted octanol–water partition coefficient (Wildman–Crippen LogP) is 3.25. The van der Waals surface area contributed by atoms with E-state index in [0.29, 0.717) is 11.1 Å². The molecule has 0 bridgehead atoms. The average molecular weight is 440 g/mol. The van der Waals surface area contributed by atoms with Gasteiger partial charge in [-0.2, -0.15) is 0 Å². The fourth-order valence-corrected chi connectivity index (χ4v) is 4.62. The van der Waals surface area contributed by atoms with E-state index >= 15 is 0 Å². The molecule has 0 aliphatic carbocycles. The van der Waals surface area contributed by atoms with Crippen LogP contribution in [-0.4, -0.2) is 33.1 Å². The highest BCUT2D eigenvalue weighted by Crippen LogP contribution is 2.31. The normalized spacial score (nSPS) is 13.9. The minimum absolute atomic E-state index is 0.0923. The summed E-state index contributed by atoms with van der Waals surface area (Å²) in [5, 5.41) is 0.518. The third kappa shape index (κ3) is 3.82. The number of nitrogens with two attached hydrogens (primary N) is 1. The molecule has 2 aromatic carbocycles. The molecule has 0 radical (unpaired) electrons. The number of nitrogen functional groups attached to an aromatic ring is 1. The van der Waals surface area contributed by atoms with Crippen LogP contribution in [0, 0.1) is 11.6 Å². The molecule has 10 heteroatoms. The van der Waals surface area contributed by atoms with Crippen LogP contribution in [0.15, 0.2) is 41.8 Å². The topological polar surface area (TPSA) is 95.1 Å². The number of hydrogen-bond donors (Lipinski definition) is 1. The van der Waals surface area contributed by atoms with Gasteiger partial charge in [-0.05, 0) is 37.6 Å². The minimum Gasteiger partial charge on any atom is -0.368 e. The number of anilines is 1. The fraction of sp³-hybridized carbons (Fsp3) is 0.211. The van der Waals surface area contributed by atoms with Crippen molar-refractivity contribution in [1.29, 1.82) is 0 Å². The average Bonchev–Trinajstić information content (AvgIpc) is 2.97. The van der Waals surface area contributed by atoms with E-state index in [4.69, 9.17) is 5.73 Å². The summed E-state index contributed by atoms with van der Waals surface area (Å²) in [5.41, 5.74) is 6.78. The van der Waals surface area contributed by atoms with Crippen LogP contribution in [-0.2, 0) is 20.8 Å². The van der Waals surface area contributed by atoms with Gasteiger partial charge in [-0.3, -0.25) is 4.21 Å². The lowest BCUT2D eigenvalue weighted by Gasteiger charge is -2.13. The third-order valence-electron chi connectivity index (χ3n) is 4.32. The monoisotopic (exact) mass is 439 g/mol. The van der Waals surface area contributed by atoms with Crippen LogP contribution >= 0.6 is 0 Å². The summed E-state index contributed by atoms with van der Waals surface area (Å²) in [4.78, 5) is 4.08. The highest BCUT2D eigenvalue weighted by atomic mass is 32.2. The van der Waals surface area contributed by atoms with Gasteiger partial charge in [-0.25, -0.2) is 26.2 Å². The van der Waals surface area contributed by atoms with Crippen molar-refractivity contribution in [3.63, 3.8) is 0 Å². The van der Waals surface area contributed by atoms with Gasteiger partial charge in [-0.15, -0.1) is 0 Å². The van der Waals surface area contributed by atoms with Crippen molar-refractivity contribution in [3.8, 4) is 0 Å². The number of nitrogens with zero attached hydrogens (tertiary/aromatic N) is 2. The second-order valence-electron chi connectivity index (χ2n) is 6.66. The van der Waals surface area contributed by atoms with Gasteiger partial charge in [0.1, 0.15) is 0 Å². The standard InChI is InChI=1S/C19H19F2N3O3S2/c1-11(2)29(26,27)24-17-9-12(7-8-16(17)23-19(24)22)14(10-28(3)25)13-5-4-6-15(20)18(13)21/h4-11H,1-3H3,(H2,22,23)/b14-10-. The summed E-state index contributed by atoms with van der Waals surface area (Å²) in [6.45, 7) is 3.02. The Balaban J connectivity index is 2.33. The maximum Gasteiger partial charge on any atom is 0.244 e. The van der Waals surface area contributed by atoms with Crippen molar-refractivity contribution in [2.24, 2.45) is 0 Å². The van der Waals surface area contributed by atoms with Crippen LogP contribution in [0.4, 0.5) is 14.7 Å². The zero-order valence-corrected chi connectivity index (χ0v) is 17.5. The molecule has 1 aromatic heterocycles. The number of hydrogen-bond acceptors (Lipinski definition) is 5. The lowest BCUT2D eigenvalue weighted by atomic mass is 9.98. The molecule has 1 atom stereocenters. The van der Waals surface area contributed by atoms with Gasteiger partial charge in [0.05, 0.1) is 16.3 Å². The highest BCUT2D eigenvalue weighted by molar-refractivity contribution is 7.90. The first-order chi connectivity index (χ1) is 13.5. The molecule has 0 fully saturated rings. The van der Waals surface area contributed by atoms with E-state index in [1.54, 1.807) is 6.07 Å². The summed E-state index contributed by atoms with van der Waals surface area (Å²) in [6, 6.07) is 8.22. The van der Waals surface area contributed by atoms with Crippen molar-refractivity contribution < 1.29 is 21.4 Å². The molecule has 1 heterocycles. The molecular formula is C19H19F2N3O3S2. The molecule has 0 saturated carbocycles. The summed E-state index contributed by atoms with van der Waals surface area (Å²) in [5.74, 6) is -2.34. The quantitative estimate of drug-likeness (QED) is 0.659. The number of benzene rings is 2. The lowest BCUT2D eigenvalue weighted by Crippen LogP contribution is -2.23. The van der Waals surface area contributed by atoms with Crippen LogP contribution in [0.2, 0.25) is 0 Å². The molecule has 0 spiro atoms. The minimum atomic E-state index is -3.82. The number of halogens is 2. The van der Waals surface area contributed by atoms with Crippen LogP contribution in [0.3, 0.4) is 0 Å². The molecule has 3 rings (SSSR count). The molecule has 154 valence electrons. The van der Waals surface area contributed by atoms with Crippen molar-refractivity contribution in [2.45, 2.75) is 19.1 Å². The molecule has 0 aliphatic heterocycles.